The van der Waals surface area contributed by atoms with E-state index in [2.05, 4.69) is 20.2 Å². The maximum absolute atomic E-state index is 12.4. The molecular formula is C17H22N6O2. The molecule has 0 aliphatic carbocycles. The zero-order chi connectivity index (χ0) is 17.6. The molecule has 0 spiro atoms. The zero-order valence-electron chi connectivity index (χ0n) is 14.7. The average Bonchev–Trinajstić information content (AvgIpc) is 3.19. The number of fused-ring (bicyclic) bond motifs is 3. The second-order valence-electron chi connectivity index (χ2n) is 7.49. The molecule has 0 bridgehead atoms. The number of rotatable bonds is 1. The standard InChI is InChI=1S/C17H22N6O2/c1-17(2,3)25-16(24)22-8-4-5-11(10-22)15-21-20-13-9-19-14-12(23(13)15)6-7-18-14/h6-7,9,11,18H,4-5,8,10H2,1-3H3/t11-/m0/s1. The molecule has 3 aromatic rings. The molecule has 4 rings (SSSR count). The largest absolute Gasteiger partial charge is 0.444 e. The molecule has 1 aliphatic heterocycles. The van der Waals surface area contributed by atoms with Crippen molar-refractivity contribution in [3.05, 3.63) is 24.3 Å². The average molecular weight is 342 g/mol. The predicted octanol–water partition coefficient (Wildman–Crippen LogP) is 2.72. The number of H-pyrrole nitrogens is 1. The summed E-state index contributed by atoms with van der Waals surface area (Å²) >= 11 is 0. The van der Waals surface area contributed by atoms with E-state index in [-0.39, 0.29) is 12.0 Å². The third-order valence-electron chi connectivity index (χ3n) is 4.41. The molecule has 0 unspecified atom stereocenters. The summed E-state index contributed by atoms with van der Waals surface area (Å²) in [5, 5.41) is 8.65. The van der Waals surface area contributed by atoms with Crippen molar-refractivity contribution in [3.63, 3.8) is 0 Å². The summed E-state index contributed by atoms with van der Waals surface area (Å²) in [6, 6.07) is 1.97. The van der Waals surface area contributed by atoms with Crippen molar-refractivity contribution in [1.82, 2.24) is 29.5 Å². The summed E-state index contributed by atoms with van der Waals surface area (Å²) in [6.45, 7) is 6.95. The number of likely N-dealkylation sites (tertiary alicyclic amines) is 1. The normalized spacial score (nSPS) is 18.8. The van der Waals surface area contributed by atoms with Crippen molar-refractivity contribution in [1.29, 1.82) is 0 Å². The lowest BCUT2D eigenvalue weighted by Gasteiger charge is -2.33. The summed E-state index contributed by atoms with van der Waals surface area (Å²) in [4.78, 5) is 21.6. The van der Waals surface area contributed by atoms with Crippen molar-refractivity contribution in [2.24, 2.45) is 0 Å². The van der Waals surface area contributed by atoms with Gasteiger partial charge in [-0.25, -0.2) is 9.78 Å². The quantitative estimate of drug-likeness (QED) is 0.734. The van der Waals surface area contributed by atoms with Gasteiger partial charge in [-0.05, 0) is 39.7 Å². The summed E-state index contributed by atoms with van der Waals surface area (Å²) in [5.41, 5.74) is 1.98. The van der Waals surface area contributed by atoms with E-state index in [0.717, 1.165) is 35.5 Å². The Balaban J connectivity index is 1.65. The highest BCUT2D eigenvalue weighted by Gasteiger charge is 2.31. The van der Waals surface area contributed by atoms with Crippen molar-refractivity contribution >= 4 is 22.9 Å². The van der Waals surface area contributed by atoms with E-state index in [1.165, 1.54) is 0 Å². The Labute approximate surface area is 145 Å². The summed E-state index contributed by atoms with van der Waals surface area (Å²) < 4.78 is 7.55. The molecule has 3 aromatic heterocycles. The third kappa shape index (κ3) is 2.92. The van der Waals surface area contributed by atoms with E-state index in [9.17, 15) is 4.79 Å². The number of hydrogen-bond donors (Lipinski definition) is 1. The minimum absolute atomic E-state index is 0.122. The molecule has 132 valence electrons. The Kier molecular flexibility index (Phi) is 3.63. The fraction of sp³-hybridized carbons (Fsp3) is 0.529. The van der Waals surface area contributed by atoms with Crippen LogP contribution in [-0.2, 0) is 4.74 Å². The Morgan fingerprint density at radius 3 is 3.00 bits per heavy atom. The number of aromatic nitrogens is 5. The Bertz CT molecular complexity index is 922. The number of carbonyl (C=O) groups is 1. The molecule has 0 aromatic carbocycles. The molecule has 8 nitrogen and oxygen atoms in total. The van der Waals surface area contributed by atoms with Crippen LogP contribution >= 0.6 is 0 Å². The smallest absolute Gasteiger partial charge is 0.410 e. The van der Waals surface area contributed by atoms with Crippen molar-refractivity contribution in [3.8, 4) is 0 Å². The van der Waals surface area contributed by atoms with Gasteiger partial charge in [-0.3, -0.25) is 4.40 Å². The molecule has 25 heavy (non-hydrogen) atoms. The van der Waals surface area contributed by atoms with Crippen LogP contribution in [0.3, 0.4) is 0 Å². The van der Waals surface area contributed by atoms with Crippen LogP contribution in [-0.4, -0.2) is 54.2 Å². The molecule has 4 heterocycles. The molecule has 1 aliphatic rings. The summed E-state index contributed by atoms with van der Waals surface area (Å²) in [5.74, 6) is 0.993. The fourth-order valence-corrected chi connectivity index (χ4v) is 3.34. The van der Waals surface area contributed by atoms with E-state index in [1.54, 1.807) is 11.1 Å². The second-order valence-corrected chi connectivity index (χ2v) is 7.49. The molecule has 1 atom stereocenters. The van der Waals surface area contributed by atoms with E-state index in [1.807, 2.05) is 37.4 Å². The highest BCUT2D eigenvalue weighted by Crippen LogP contribution is 2.28. The monoisotopic (exact) mass is 342 g/mol. The SMILES string of the molecule is CC(C)(C)OC(=O)N1CCC[C@H](c2nnc3cnc4[nH]ccc4n23)C1. The lowest BCUT2D eigenvalue weighted by molar-refractivity contribution is 0.0195. The number of nitrogens with one attached hydrogen (secondary N) is 1. The number of hydrogen-bond acceptors (Lipinski definition) is 5. The number of piperidine rings is 1. The predicted molar refractivity (Wildman–Crippen MR) is 92.4 cm³/mol. The number of amides is 1. The highest BCUT2D eigenvalue weighted by molar-refractivity contribution is 5.74. The number of nitrogens with zero attached hydrogens (tertiary/aromatic N) is 5. The van der Waals surface area contributed by atoms with E-state index < -0.39 is 5.60 Å². The van der Waals surface area contributed by atoms with Crippen LogP contribution < -0.4 is 0 Å². The van der Waals surface area contributed by atoms with Gasteiger partial charge in [-0.15, -0.1) is 10.2 Å². The lowest BCUT2D eigenvalue weighted by Crippen LogP contribution is -2.42. The van der Waals surface area contributed by atoms with Gasteiger partial charge in [0.15, 0.2) is 11.3 Å². The Hall–Kier alpha value is -2.64. The van der Waals surface area contributed by atoms with Crippen molar-refractivity contribution in [2.45, 2.75) is 45.1 Å². The number of carbonyl (C=O) groups excluding carboxylic acids is 1. The van der Waals surface area contributed by atoms with E-state index in [0.29, 0.717) is 13.1 Å². The van der Waals surface area contributed by atoms with Crippen LogP contribution in [0.1, 0.15) is 45.4 Å². The first-order valence-electron chi connectivity index (χ1n) is 8.57. The minimum Gasteiger partial charge on any atom is -0.444 e. The molecule has 0 radical (unpaired) electrons. The summed E-state index contributed by atoms with van der Waals surface area (Å²) in [7, 11) is 0. The Morgan fingerprint density at radius 1 is 1.36 bits per heavy atom. The molecular weight excluding hydrogens is 320 g/mol. The van der Waals surface area contributed by atoms with Crippen LogP contribution in [0.2, 0.25) is 0 Å². The van der Waals surface area contributed by atoms with Gasteiger partial charge in [0, 0.05) is 25.2 Å². The second kappa shape index (κ2) is 5.72. The van der Waals surface area contributed by atoms with Crippen LogP contribution in [0.15, 0.2) is 18.5 Å². The molecule has 1 saturated heterocycles. The van der Waals surface area contributed by atoms with Gasteiger partial charge in [-0.2, -0.15) is 0 Å². The molecule has 1 amide bonds. The van der Waals surface area contributed by atoms with E-state index in [4.69, 9.17) is 4.74 Å². The highest BCUT2D eigenvalue weighted by atomic mass is 16.6. The third-order valence-corrected chi connectivity index (χ3v) is 4.41. The van der Waals surface area contributed by atoms with Gasteiger partial charge in [0.1, 0.15) is 11.4 Å². The molecule has 1 fully saturated rings. The van der Waals surface area contributed by atoms with Gasteiger partial charge < -0.3 is 14.6 Å². The van der Waals surface area contributed by atoms with Gasteiger partial charge in [0.25, 0.3) is 0 Å². The molecule has 0 saturated carbocycles. The van der Waals surface area contributed by atoms with E-state index >= 15 is 0 Å². The maximum Gasteiger partial charge on any atom is 0.410 e. The first kappa shape index (κ1) is 15.9. The Morgan fingerprint density at radius 2 is 2.20 bits per heavy atom. The van der Waals surface area contributed by atoms with Crippen LogP contribution in [0.4, 0.5) is 4.79 Å². The van der Waals surface area contributed by atoms with Crippen LogP contribution in [0.25, 0.3) is 16.8 Å². The summed E-state index contributed by atoms with van der Waals surface area (Å²) in [6.07, 6.45) is 5.19. The lowest BCUT2D eigenvalue weighted by atomic mass is 9.97. The van der Waals surface area contributed by atoms with Crippen LogP contribution in [0.5, 0.6) is 0 Å². The van der Waals surface area contributed by atoms with Crippen molar-refractivity contribution in [2.75, 3.05) is 13.1 Å². The minimum atomic E-state index is -0.492. The topological polar surface area (TPSA) is 88.4 Å². The van der Waals surface area contributed by atoms with Crippen molar-refractivity contribution < 1.29 is 9.53 Å². The number of aromatic amines is 1. The fourth-order valence-electron chi connectivity index (χ4n) is 3.34. The molecule has 8 heteroatoms. The first-order valence-corrected chi connectivity index (χ1v) is 8.57. The van der Waals surface area contributed by atoms with Gasteiger partial charge >= 0.3 is 6.09 Å². The van der Waals surface area contributed by atoms with Gasteiger partial charge in [0.05, 0.1) is 11.7 Å². The zero-order valence-corrected chi connectivity index (χ0v) is 14.7. The van der Waals surface area contributed by atoms with Gasteiger partial charge in [-0.1, -0.05) is 0 Å². The van der Waals surface area contributed by atoms with Gasteiger partial charge in [0.2, 0.25) is 0 Å². The maximum atomic E-state index is 12.4. The van der Waals surface area contributed by atoms with Crippen LogP contribution in [0, 0.1) is 0 Å². The first-order chi connectivity index (χ1) is 11.9. The number of ether oxygens (including phenoxy) is 1. The molecule has 1 N–H and O–H groups in total.